The maximum Gasteiger partial charge on any atom is 0.183 e. The van der Waals surface area contributed by atoms with Crippen molar-refractivity contribution in [3.63, 3.8) is 0 Å². The summed E-state index contributed by atoms with van der Waals surface area (Å²) in [5, 5.41) is 0. The number of hydrogen-bond acceptors (Lipinski definition) is 2. The zero-order valence-corrected chi connectivity index (χ0v) is 12.1. The summed E-state index contributed by atoms with van der Waals surface area (Å²) in [6, 6.07) is 8.72. The van der Waals surface area contributed by atoms with Crippen molar-refractivity contribution >= 4 is 23.4 Å². The third-order valence-corrected chi connectivity index (χ3v) is 4.28. The molecule has 0 fully saturated rings. The Hall–Kier alpha value is -1.94. The number of hydrogen-bond donors (Lipinski definition) is 1. The molecule has 1 aliphatic rings. The molecule has 0 atom stereocenters. The number of nitrogens with one attached hydrogen (secondary N) is 1. The first kappa shape index (κ1) is 11.9. The van der Waals surface area contributed by atoms with E-state index in [0.29, 0.717) is 4.77 Å². The zero-order chi connectivity index (χ0) is 13.7. The monoisotopic (exact) mass is 281 g/mol. The van der Waals surface area contributed by atoms with E-state index < -0.39 is 0 Å². The Morgan fingerprint density at radius 1 is 1.20 bits per heavy atom. The van der Waals surface area contributed by atoms with E-state index in [4.69, 9.17) is 12.2 Å². The number of H-pyrrole nitrogens is 1. The summed E-state index contributed by atoms with van der Waals surface area (Å²) in [6.07, 6.45) is 5.52. The van der Waals surface area contributed by atoms with Gasteiger partial charge in [0.25, 0.3) is 0 Å². The van der Waals surface area contributed by atoms with Gasteiger partial charge in [0.05, 0.1) is 11.2 Å². The lowest BCUT2D eigenvalue weighted by molar-refractivity contribution is 0.911. The van der Waals surface area contributed by atoms with Gasteiger partial charge in [-0.2, -0.15) is 0 Å². The first-order valence-corrected chi connectivity index (χ1v) is 7.33. The van der Waals surface area contributed by atoms with Crippen LogP contribution in [0.25, 0.3) is 16.9 Å². The molecule has 0 spiro atoms. The molecule has 3 aromatic rings. The summed E-state index contributed by atoms with van der Waals surface area (Å²) >= 11 is 5.47. The number of aromatic amines is 1. The van der Waals surface area contributed by atoms with Crippen LogP contribution in [-0.2, 0) is 12.8 Å². The lowest BCUT2D eigenvalue weighted by Crippen LogP contribution is -1.97. The molecular weight excluding hydrogens is 266 g/mol. The molecule has 0 saturated heterocycles. The molecule has 0 amide bonds. The molecule has 4 heteroatoms. The number of nitrogens with zero attached hydrogens (tertiary/aromatic N) is 2. The topological polar surface area (TPSA) is 33.6 Å². The second-order valence-electron chi connectivity index (χ2n) is 5.46. The molecule has 1 N–H and O–H groups in total. The second kappa shape index (κ2) is 4.28. The van der Waals surface area contributed by atoms with Gasteiger partial charge in [0.15, 0.2) is 10.4 Å². The van der Waals surface area contributed by atoms with Gasteiger partial charge in [-0.3, -0.25) is 4.57 Å². The molecule has 0 aliphatic heterocycles. The van der Waals surface area contributed by atoms with Crippen molar-refractivity contribution in [2.24, 2.45) is 0 Å². The summed E-state index contributed by atoms with van der Waals surface area (Å²) in [5.41, 5.74) is 7.07. The first-order chi connectivity index (χ1) is 9.72. The molecule has 0 bridgehead atoms. The van der Waals surface area contributed by atoms with Crippen molar-refractivity contribution < 1.29 is 0 Å². The molecule has 4 rings (SSSR count). The average molecular weight is 281 g/mol. The van der Waals surface area contributed by atoms with Crippen molar-refractivity contribution in [3.05, 3.63) is 51.9 Å². The number of pyridine rings is 1. The Morgan fingerprint density at radius 3 is 2.95 bits per heavy atom. The van der Waals surface area contributed by atoms with Gasteiger partial charge in [0.1, 0.15) is 0 Å². The first-order valence-electron chi connectivity index (χ1n) is 6.92. The van der Waals surface area contributed by atoms with Crippen LogP contribution >= 0.6 is 12.2 Å². The molecule has 0 saturated carbocycles. The number of benzene rings is 1. The van der Waals surface area contributed by atoms with Gasteiger partial charge in [0.2, 0.25) is 0 Å². The fourth-order valence-corrected chi connectivity index (χ4v) is 3.34. The highest BCUT2D eigenvalue weighted by Gasteiger charge is 2.13. The minimum atomic E-state index is 0.705. The van der Waals surface area contributed by atoms with E-state index in [0.717, 1.165) is 22.4 Å². The summed E-state index contributed by atoms with van der Waals surface area (Å²) < 4.78 is 2.74. The van der Waals surface area contributed by atoms with E-state index in [1.807, 2.05) is 17.7 Å². The quantitative estimate of drug-likeness (QED) is 0.687. The molecule has 2 aromatic heterocycles. The molecule has 20 heavy (non-hydrogen) atoms. The van der Waals surface area contributed by atoms with Gasteiger partial charge < -0.3 is 4.98 Å². The number of imidazole rings is 1. The maximum atomic E-state index is 5.47. The van der Waals surface area contributed by atoms with Crippen molar-refractivity contribution in [1.82, 2.24) is 14.5 Å². The Bertz CT molecular complexity index is 873. The number of aryl methyl sites for hydroxylation is 3. The summed E-state index contributed by atoms with van der Waals surface area (Å²) in [6.45, 7) is 2.04. The van der Waals surface area contributed by atoms with Crippen LogP contribution in [0.1, 0.15) is 23.1 Å². The van der Waals surface area contributed by atoms with Crippen LogP contribution in [0.3, 0.4) is 0 Å². The minimum Gasteiger partial charge on any atom is -0.329 e. The minimum absolute atomic E-state index is 0.705. The maximum absolute atomic E-state index is 5.47. The fourth-order valence-electron chi connectivity index (χ4n) is 3.04. The molecule has 1 aliphatic carbocycles. The summed E-state index contributed by atoms with van der Waals surface area (Å²) in [5.74, 6) is 0. The highest BCUT2D eigenvalue weighted by molar-refractivity contribution is 7.71. The Labute approximate surface area is 122 Å². The van der Waals surface area contributed by atoms with Crippen LogP contribution in [0.15, 0.2) is 30.5 Å². The smallest absolute Gasteiger partial charge is 0.183 e. The third kappa shape index (κ3) is 1.72. The van der Waals surface area contributed by atoms with Crippen LogP contribution in [0.2, 0.25) is 0 Å². The number of aromatic nitrogens is 3. The summed E-state index contributed by atoms with van der Waals surface area (Å²) in [4.78, 5) is 7.79. The molecule has 3 nitrogen and oxygen atoms in total. The van der Waals surface area contributed by atoms with Gasteiger partial charge >= 0.3 is 0 Å². The van der Waals surface area contributed by atoms with E-state index in [9.17, 15) is 0 Å². The predicted molar refractivity (Wildman–Crippen MR) is 83.0 cm³/mol. The van der Waals surface area contributed by atoms with Gasteiger partial charge in [-0.1, -0.05) is 6.07 Å². The van der Waals surface area contributed by atoms with Gasteiger partial charge in [0, 0.05) is 6.20 Å². The highest BCUT2D eigenvalue weighted by atomic mass is 32.1. The molecule has 2 heterocycles. The Kier molecular flexibility index (Phi) is 2.54. The SMILES string of the molecule is Cc1cnc2c(c1)[nH]c(=S)n2-c1ccc2c(c1)CCC2. The standard InChI is InChI=1S/C16H15N3S/c1-10-7-14-15(17-9-10)19(16(20)18-14)13-6-5-11-3-2-4-12(11)8-13/h5-9H,2-4H2,1H3,(H,18,20). The number of fused-ring (bicyclic) bond motifs is 2. The predicted octanol–water partition coefficient (Wildman–Crippen LogP) is 3.88. The normalized spacial score (nSPS) is 13.8. The van der Waals surface area contributed by atoms with Crippen molar-refractivity contribution in [3.8, 4) is 5.69 Å². The second-order valence-corrected chi connectivity index (χ2v) is 5.84. The van der Waals surface area contributed by atoms with Crippen LogP contribution in [0.4, 0.5) is 0 Å². The van der Waals surface area contributed by atoms with Crippen LogP contribution < -0.4 is 0 Å². The zero-order valence-electron chi connectivity index (χ0n) is 11.3. The van der Waals surface area contributed by atoms with Gasteiger partial charge in [-0.05, 0) is 73.3 Å². The Morgan fingerprint density at radius 2 is 2.05 bits per heavy atom. The molecule has 100 valence electrons. The summed E-state index contributed by atoms with van der Waals surface area (Å²) in [7, 11) is 0. The molecule has 1 aromatic carbocycles. The lowest BCUT2D eigenvalue weighted by atomic mass is 10.1. The van der Waals surface area contributed by atoms with E-state index in [2.05, 4.69) is 34.2 Å². The average Bonchev–Trinajstić information content (AvgIpc) is 3.00. The van der Waals surface area contributed by atoms with Gasteiger partial charge in [-0.25, -0.2) is 4.98 Å². The lowest BCUT2D eigenvalue weighted by Gasteiger charge is -2.07. The fraction of sp³-hybridized carbons (Fsp3) is 0.250. The largest absolute Gasteiger partial charge is 0.329 e. The van der Waals surface area contributed by atoms with Crippen molar-refractivity contribution in [2.75, 3.05) is 0 Å². The van der Waals surface area contributed by atoms with E-state index in [1.165, 1.54) is 30.4 Å². The molecule has 0 unspecified atom stereocenters. The van der Waals surface area contributed by atoms with Gasteiger partial charge in [-0.15, -0.1) is 0 Å². The van der Waals surface area contributed by atoms with Crippen LogP contribution in [0.5, 0.6) is 0 Å². The molecular formula is C16H15N3S. The van der Waals surface area contributed by atoms with Crippen LogP contribution in [-0.4, -0.2) is 14.5 Å². The molecule has 0 radical (unpaired) electrons. The third-order valence-electron chi connectivity index (χ3n) is 4.00. The van der Waals surface area contributed by atoms with E-state index in [-0.39, 0.29) is 0 Å². The highest BCUT2D eigenvalue weighted by Crippen LogP contribution is 2.26. The Balaban J connectivity index is 1.98. The number of rotatable bonds is 1. The van der Waals surface area contributed by atoms with Crippen molar-refractivity contribution in [2.45, 2.75) is 26.2 Å². The van der Waals surface area contributed by atoms with Crippen molar-refractivity contribution in [1.29, 1.82) is 0 Å². The van der Waals surface area contributed by atoms with E-state index in [1.54, 1.807) is 0 Å². The van der Waals surface area contributed by atoms with E-state index >= 15 is 0 Å². The van der Waals surface area contributed by atoms with Crippen LogP contribution in [0, 0.1) is 11.7 Å².